The summed E-state index contributed by atoms with van der Waals surface area (Å²) in [4.78, 5) is 23.0. The molecule has 0 aliphatic carbocycles. The van der Waals surface area contributed by atoms with Crippen molar-refractivity contribution in [2.45, 2.75) is 26.4 Å². The van der Waals surface area contributed by atoms with E-state index in [4.69, 9.17) is 11.6 Å². The number of aryl methyl sites for hydroxylation is 1. The first-order valence-corrected chi connectivity index (χ1v) is 9.40. The second-order valence-electron chi connectivity index (χ2n) is 6.15. The number of rotatable bonds is 6. The lowest BCUT2D eigenvalue weighted by Gasteiger charge is -2.11. The van der Waals surface area contributed by atoms with Crippen molar-refractivity contribution in [3.05, 3.63) is 67.5 Å². The van der Waals surface area contributed by atoms with Crippen LogP contribution in [-0.4, -0.2) is 30.4 Å². The van der Waals surface area contributed by atoms with Crippen LogP contribution in [0, 0.1) is 17.0 Å². The summed E-state index contributed by atoms with van der Waals surface area (Å²) in [6, 6.07) is 6.63. The molecule has 0 aliphatic heterocycles. The van der Waals surface area contributed by atoms with Crippen molar-refractivity contribution >= 4 is 44.9 Å². The van der Waals surface area contributed by atoms with Gasteiger partial charge < -0.3 is 5.32 Å². The van der Waals surface area contributed by atoms with Crippen LogP contribution < -0.4 is 5.32 Å². The van der Waals surface area contributed by atoms with Crippen molar-refractivity contribution in [2.75, 3.05) is 5.32 Å². The van der Waals surface area contributed by atoms with E-state index in [2.05, 4.69) is 31.4 Å². The highest BCUT2D eigenvalue weighted by molar-refractivity contribution is 9.10. The Bertz CT molecular complexity index is 1030. The van der Waals surface area contributed by atoms with Crippen molar-refractivity contribution in [1.29, 1.82) is 0 Å². The summed E-state index contributed by atoms with van der Waals surface area (Å²) < 4.78 is 3.56. The lowest BCUT2D eigenvalue weighted by molar-refractivity contribution is -0.385. The van der Waals surface area contributed by atoms with E-state index in [9.17, 15) is 14.9 Å². The average Bonchev–Trinajstić information content (AvgIpc) is 3.19. The second kappa shape index (κ2) is 8.11. The monoisotopic (exact) mass is 466 g/mol. The van der Waals surface area contributed by atoms with Crippen LogP contribution in [0.15, 0.2) is 41.1 Å². The normalized spacial score (nSPS) is 12.0. The van der Waals surface area contributed by atoms with Crippen molar-refractivity contribution < 1.29 is 9.72 Å². The van der Waals surface area contributed by atoms with Crippen LogP contribution in [0.3, 0.4) is 0 Å². The summed E-state index contributed by atoms with van der Waals surface area (Å²) in [7, 11) is 0. The van der Waals surface area contributed by atoms with Gasteiger partial charge in [0.15, 0.2) is 5.82 Å². The van der Waals surface area contributed by atoms with Gasteiger partial charge in [-0.2, -0.15) is 10.2 Å². The number of halogens is 2. The number of nitrogens with one attached hydrogen (secondary N) is 1. The molecule has 1 aromatic carbocycles. The molecule has 0 fully saturated rings. The van der Waals surface area contributed by atoms with E-state index in [-0.39, 0.29) is 11.4 Å². The van der Waals surface area contributed by atoms with Crippen molar-refractivity contribution in [3.8, 4) is 0 Å². The maximum Gasteiger partial charge on any atom is 0.309 e. The van der Waals surface area contributed by atoms with E-state index in [0.29, 0.717) is 21.9 Å². The molecule has 3 aromatic rings. The number of aromatic nitrogens is 4. The smallest absolute Gasteiger partial charge is 0.306 e. The molecule has 0 radical (unpaired) electrons. The molecule has 0 saturated carbocycles. The molecule has 0 bridgehead atoms. The van der Waals surface area contributed by atoms with Gasteiger partial charge in [-0.15, -0.1) is 0 Å². The minimum Gasteiger partial charge on any atom is -0.306 e. The molecule has 0 aliphatic rings. The molecular formula is C17H16BrClN6O3. The second-order valence-corrected chi connectivity index (χ2v) is 7.44. The van der Waals surface area contributed by atoms with E-state index in [1.165, 1.54) is 17.8 Å². The summed E-state index contributed by atoms with van der Waals surface area (Å²) in [5, 5.41) is 22.7. The van der Waals surface area contributed by atoms with Crippen LogP contribution in [0.25, 0.3) is 0 Å². The largest absolute Gasteiger partial charge is 0.309 e. The van der Waals surface area contributed by atoms with Gasteiger partial charge in [0.25, 0.3) is 0 Å². The topological polar surface area (TPSA) is 108 Å². The van der Waals surface area contributed by atoms with Crippen molar-refractivity contribution in [1.82, 2.24) is 19.6 Å². The third-order valence-corrected chi connectivity index (χ3v) is 4.91. The third kappa shape index (κ3) is 4.39. The molecule has 2 heterocycles. The van der Waals surface area contributed by atoms with Crippen molar-refractivity contribution in [2.24, 2.45) is 0 Å². The Morgan fingerprint density at radius 1 is 1.32 bits per heavy atom. The van der Waals surface area contributed by atoms with Crippen LogP contribution in [0.4, 0.5) is 11.5 Å². The first-order valence-electron chi connectivity index (χ1n) is 8.23. The summed E-state index contributed by atoms with van der Waals surface area (Å²) in [6.45, 7) is 3.63. The molecule has 11 heteroatoms. The Morgan fingerprint density at radius 3 is 2.61 bits per heavy atom. The summed E-state index contributed by atoms with van der Waals surface area (Å²) in [5.41, 5.74) is 1.12. The molecule has 1 N–H and O–H groups in total. The van der Waals surface area contributed by atoms with Gasteiger partial charge in [0.2, 0.25) is 5.91 Å². The van der Waals surface area contributed by atoms with E-state index in [0.717, 1.165) is 5.56 Å². The molecule has 9 nitrogen and oxygen atoms in total. The average molecular weight is 468 g/mol. The Balaban J connectivity index is 1.71. The van der Waals surface area contributed by atoms with E-state index < -0.39 is 16.9 Å². The highest BCUT2D eigenvalue weighted by Gasteiger charge is 2.23. The number of hydrogen-bond donors (Lipinski definition) is 1. The van der Waals surface area contributed by atoms with Crippen LogP contribution in [-0.2, 0) is 11.3 Å². The fraction of sp³-hybridized carbons (Fsp3) is 0.235. The number of carbonyl (C=O) groups excluding carboxylic acids is 1. The summed E-state index contributed by atoms with van der Waals surface area (Å²) in [5.74, 6) is -0.0426. The number of amides is 1. The van der Waals surface area contributed by atoms with Gasteiger partial charge in [0, 0.05) is 11.2 Å². The quantitative estimate of drug-likeness (QED) is 0.436. The molecular weight excluding hydrogens is 452 g/mol. The zero-order chi connectivity index (χ0) is 20.4. The van der Waals surface area contributed by atoms with Gasteiger partial charge in [-0.05, 0) is 47.5 Å². The lowest BCUT2D eigenvalue weighted by Crippen LogP contribution is -2.24. The van der Waals surface area contributed by atoms with Crippen LogP contribution in [0.5, 0.6) is 0 Å². The van der Waals surface area contributed by atoms with Gasteiger partial charge in [0.05, 0.1) is 15.9 Å². The van der Waals surface area contributed by atoms with Crippen LogP contribution in [0.2, 0.25) is 5.02 Å². The molecule has 0 spiro atoms. The maximum absolute atomic E-state index is 12.5. The predicted molar refractivity (Wildman–Crippen MR) is 107 cm³/mol. The van der Waals surface area contributed by atoms with Crippen molar-refractivity contribution in [3.63, 3.8) is 0 Å². The highest BCUT2D eigenvalue weighted by Crippen LogP contribution is 2.23. The highest BCUT2D eigenvalue weighted by atomic mass is 79.9. The minimum absolute atomic E-state index is 0.131. The van der Waals surface area contributed by atoms with Crippen LogP contribution in [0.1, 0.15) is 24.2 Å². The minimum atomic E-state index is -0.749. The number of benzene rings is 1. The van der Waals surface area contributed by atoms with Gasteiger partial charge >= 0.3 is 5.69 Å². The maximum atomic E-state index is 12.5. The Labute approximate surface area is 173 Å². The first kappa shape index (κ1) is 20.0. The Kier molecular flexibility index (Phi) is 5.80. The Morgan fingerprint density at radius 2 is 2.00 bits per heavy atom. The molecule has 0 saturated heterocycles. The number of nitrogens with zero attached hydrogens (tertiary/aromatic N) is 5. The molecule has 2 aromatic heterocycles. The van der Waals surface area contributed by atoms with Gasteiger partial charge in [0.1, 0.15) is 17.9 Å². The lowest BCUT2D eigenvalue weighted by atomic mass is 10.2. The standard InChI is InChI=1S/C17H16BrClN6O3/c1-10-15(25(27)28)9-24(21-10)11(2)17(26)20-16-14(18)8-23(22-16)7-12-3-5-13(19)6-4-12/h3-6,8-9,11H,7H2,1-2H3,(H,20,22,26). The zero-order valence-corrected chi connectivity index (χ0v) is 17.3. The molecule has 3 rings (SSSR count). The Hall–Kier alpha value is -2.72. The summed E-state index contributed by atoms with van der Waals surface area (Å²) >= 11 is 9.27. The fourth-order valence-corrected chi connectivity index (χ4v) is 3.07. The van der Waals surface area contributed by atoms with E-state index in [1.807, 2.05) is 12.1 Å². The molecule has 1 amide bonds. The number of hydrogen-bond acceptors (Lipinski definition) is 5. The zero-order valence-electron chi connectivity index (χ0n) is 15.0. The van der Waals surface area contributed by atoms with E-state index >= 15 is 0 Å². The van der Waals surface area contributed by atoms with Gasteiger partial charge in [-0.25, -0.2) is 0 Å². The number of anilines is 1. The number of nitro groups is 1. The number of carbonyl (C=O) groups is 1. The van der Waals surface area contributed by atoms with Gasteiger partial charge in [-0.3, -0.25) is 24.3 Å². The molecule has 1 unspecified atom stereocenters. The predicted octanol–water partition coefficient (Wildman–Crippen LogP) is 3.96. The summed E-state index contributed by atoms with van der Waals surface area (Å²) in [6.07, 6.45) is 2.99. The first-order chi connectivity index (χ1) is 13.2. The fourth-order valence-electron chi connectivity index (χ4n) is 2.53. The van der Waals surface area contributed by atoms with Crippen LogP contribution >= 0.6 is 27.5 Å². The van der Waals surface area contributed by atoms with Gasteiger partial charge in [-0.1, -0.05) is 23.7 Å². The SMILES string of the molecule is Cc1nn(C(C)C(=O)Nc2nn(Cc3ccc(Cl)cc3)cc2Br)cc1[N+](=O)[O-]. The third-order valence-electron chi connectivity index (χ3n) is 4.08. The molecule has 28 heavy (non-hydrogen) atoms. The molecule has 1 atom stereocenters. The van der Waals surface area contributed by atoms with E-state index in [1.54, 1.807) is 29.9 Å². The molecule has 146 valence electrons.